The number of hydrogen-bond acceptors (Lipinski definition) is 6. The summed E-state index contributed by atoms with van der Waals surface area (Å²) in [5.41, 5.74) is 7.92. The van der Waals surface area contributed by atoms with Crippen LogP contribution in [0.15, 0.2) is 30.5 Å². The molecule has 2 aromatic rings. The molecule has 2 rings (SSSR count). The van der Waals surface area contributed by atoms with Gasteiger partial charge in [-0.1, -0.05) is 52.3 Å². The second-order valence-electron chi connectivity index (χ2n) is 9.35. The van der Waals surface area contributed by atoms with Crippen LogP contribution in [0.5, 0.6) is 0 Å². The number of carbonyl (C=O) groups is 4. The van der Waals surface area contributed by atoms with E-state index in [0.717, 1.165) is 16.5 Å². The molecule has 0 aliphatic heterocycles. The predicted octanol–water partition coefficient (Wildman–Crippen LogP) is 0.271. The molecule has 0 fully saturated rings. The van der Waals surface area contributed by atoms with Crippen LogP contribution in [0.2, 0.25) is 0 Å². The van der Waals surface area contributed by atoms with E-state index in [9.17, 15) is 29.4 Å². The highest BCUT2D eigenvalue weighted by Crippen LogP contribution is 2.19. The minimum Gasteiger partial charge on any atom is -0.480 e. The average Bonchev–Trinajstić information content (AvgIpc) is 3.25. The third-order valence-corrected chi connectivity index (χ3v) is 6.29. The number of aliphatic hydroxyl groups excluding tert-OH is 1. The smallest absolute Gasteiger partial charge is 0.326 e. The molecule has 0 saturated carbocycles. The summed E-state index contributed by atoms with van der Waals surface area (Å²) in [4.78, 5) is 53.0. The third-order valence-electron chi connectivity index (χ3n) is 6.29. The monoisotopic (exact) mass is 503 g/mol. The lowest BCUT2D eigenvalue weighted by molar-refractivity contribution is -0.144. The van der Waals surface area contributed by atoms with Crippen molar-refractivity contribution in [1.82, 2.24) is 20.9 Å². The van der Waals surface area contributed by atoms with Gasteiger partial charge in [-0.25, -0.2) is 4.79 Å². The lowest BCUT2D eigenvalue weighted by atomic mass is 9.98. The maximum Gasteiger partial charge on any atom is 0.326 e. The molecule has 11 nitrogen and oxygen atoms in total. The number of nitrogens with one attached hydrogen (secondary N) is 4. The first-order valence-electron chi connectivity index (χ1n) is 12.0. The lowest BCUT2D eigenvalue weighted by Gasteiger charge is -2.27. The van der Waals surface area contributed by atoms with Crippen LogP contribution in [-0.4, -0.2) is 69.7 Å². The summed E-state index contributed by atoms with van der Waals surface area (Å²) in [6, 6.07) is 3.11. The summed E-state index contributed by atoms with van der Waals surface area (Å²) in [5, 5.41) is 27.4. The van der Waals surface area contributed by atoms with Crippen molar-refractivity contribution in [3.63, 3.8) is 0 Å². The Morgan fingerprint density at radius 3 is 2.19 bits per heavy atom. The fourth-order valence-corrected chi connectivity index (χ4v) is 3.82. The second-order valence-corrected chi connectivity index (χ2v) is 9.35. The van der Waals surface area contributed by atoms with Crippen LogP contribution < -0.4 is 21.7 Å². The number of para-hydroxylation sites is 1. The SMILES string of the molecule is CCC(C)C(NC(=O)C(CO)NC(=O)C(NC(=O)C(N)Cc1c[nH]c2ccccc12)C(C)C)C(=O)O. The molecule has 5 atom stereocenters. The lowest BCUT2D eigenvalue weighted by Crippen LogP contribution is -2.59. The Morgan fingerprint density at radius 1 is 0.972 bits per heavy atom. The largest absolute Gasteiger partial charge is 0.480 e. The number of aromatic nitrogens is 1. The molecule has 0 aliphatic rings. The van der Waals surface area contributed by atoms with E-state index >= 15 is 0 Å². The summed E-state index contributed by atoms with van der Waals surface area (Å²) in [6.45, 7) is 6.15. The Hall–Kier alpha value is -3.44. The molecule has 0 saturated heterocycles. The van der Waals surface area contributed by atoms with E-state index in [-0.39, 0.29) is 18.3 Å². The van der Waals surface area contributed by atoms with Crippen LogP contribution in [0.1, 0.15) is 39.7 Å². The number of aliphatic carboxylic acids is 1. The van der Waals surface area contributed by atoms with Crippen molar-refractivity contribution in [2.75, 3.05) is 6.61 Å². The number of H-pyrrole nitrogens is 1. The van der Waals surface area contributed by atoms with E-state index in [1.807, 2.05) is 24.3 Å². The summed E-state index contributed by atoms with van der Waals surface area (Å²) in [6.07, 6.45) is 2.54. The van der Waals surface area contributed by atoms with Gasteiger partial charge in [0.2, 0.25) is 17.7 Å². The van der Waals surface area contributed by atoms with Gasteiger partial charge in [0, 0.05) is 17.1 Å². The van der Waals surface area contributed by atoms with Crippen LogP contribution in [-0.2, 0) is 25.6 Å². The van der Waals surface area contributed by atoms with Gasteiger partial charge in [-0.05, 0) is 29.9 Å². The highest BCUT2D eigenvalue weighted by atomic mass is 16.4. The molecule has 0 bridgehead atoms. The Morgan fingerprint density at radius 2 is 1.61 bits per heavy atom. The van der Waals surface area contributed by atoms with Gasteiger partial charge in [0.1, 0.15) is 18.1 Å². The number of aliphatic hydroxyl groups is 1. The molecular formula is C25H37N5O6. The van der Waals surface area contributed by atoms with Crippen LogP contribution in [0.4, 0.5) is 0 Å². The zero-order chi connectivity index (χ0) is 27.0. The maximum absolute atomic E-state index is 12.9. The van der Waals surface area contributed by atoms with E-state index in [0.29, 0.717) is 6.42 Å². The molecule has 8 N–H and O–H groups in total. The first-order chi connectivity index (χ1) is 17.0. The fraction of sp³-hybridized carbons (Fsp3) is 0.520. The number of carboxylic acid groups (broad SMARTS) is 1. The standard InChI is InChI=1S/C25H37N5O6/c1-5-14(4)21(25(35)36)30-23(33)19(12-31)28-24(34)20(13(2)3)29-22(32)17(26)10-15-11-27-18-9-7-6-8-16(15)18/h6-9,11,13-14,17,19-21,27,31H,5,10,12,26H2,1-4H3,(H,28,34)(H,29,32)(H,30,33)(H,35,36). The number of hydrogen-bond donors (Lipinski definition) is 7. The quantitative estimate of drug-likeness (QED) is 0.204. The van der Waals surface area contributed by atoms with E-state index in [2.05, 4.69) is 20.9 Å². The normalized spacial score (nSPS) is 15.5. The van der Waals surface area contributed by atoms with E-state index in [1.54, 1.807) is 33.9 Å². The highest BCUT2D eigenvalue weighted by molar-refractivity contribution is 5.94. The molecule has 1 aromatic heterocycles. The van der Waals surface area contributed by atoms with Crippen molar-refractivity contribution < 1.29 is 29.4 Å². The van der Waals surface area contributed by atoms with Crippen molar-refractivity contribution in [3.05, 3.63) is 36.0 Å². The number of carbonyl (C=O) groups excluding carboxylic acids is 3. The third kappa shape index (κ3) is 7.28. The minimum atomic E-state index is -1.39. The van der Waals surface area contributed by atoms with E-state index in [4.69, 9.17) is 5.73 Å². The second kappa shape index (κ2) is 13.0. The summed E-state index contributed by atoms with van der Waals surface area (Å²) in [5.74, 6) is -3.99. The molecule has 36 heavy (non-hydrogen) atoms. The fourth-order valence-electron chi connectivity index (χ4n) is 3.82. The molecule has 0 spiro atoms. The molecule has 0 aliphatic carbocycles. The summed E-state index contributed by atoms with van der Waals surface area (Å²) < 4.78 is 0. The van der Waals surface area contributed by atoms with Crippen molar-refractivity contribution in [2.45, 2.75) is 64.7 Å². The molecular weight excluding hydrogens is 466 g/mol. The van der Waals surface area contributed by atoms with Crippen molar-refractivity contribution in [3.8, 4) is 0 Å². The van der Waals surface area contributed by atoms with Crippen molar-refractivity contribution >= 4 is 34.6 Å². The molecule has 3 amide bonds. The van der Waals surface area contributed by atoms with Gasteiger partial charge in [0.15, 0.2) is 0 Å². The molecule has 1 heterocycles. The van der Waals surface area contributed by atoms with Crippen LogP contribution in [0.25, 0.3) is 10.9 Å². The average molecular weight is 504 g/mol. The Kier molecular flexibility index (Phi) is 10.4. The number of fused-ring (bicyclic) bond motifs is 1. The van der Waals surface area contributed by atoms with Gasteiger partial charge in [-0.15, -0.1) is 0 Å². The van der Waals surface area contributed by atoms with Gasteiger partial charge in [0.05, 0.1) is 12.6 Å². The van der Waals surface area contributed by atoms with Gasteiger partial charge in [-0.3, -0.25) is 14.4 Å². The number of rotatable bonds is 13. The number of aromatic amines is 1. The zero-order valence-electron chi connectivity index (χ0n) is 21.1. The molecule has 0 radical (unpaired) electrons. The van der Waals surface area contributed by atoms with Gasteiger partial charge >= 0.3 is 5.97 Å². The van der Waals surface area contributed by atoms with E-state index < -0.39 is 54.5 Å². The number of amides is 3. The van der Waals surface area contributed by atoms with E-state index in [1.165, 1.54) is 0 Å². The predicted molar refractivity (Wildman–Crippen MR) is 135 cm³/mol. The summed E-state index contributed by atoms with van der Waals surface area (Å²) in [7, 11) is 0. The summed E-state index contributed by atoms with van der Waals surface area (Å²) >= 11 is 0. The van der Waals surface area contributed by atoms with Crippen molar-refractivity contribution in [1.29, 1.82) is 0 Å². The minimum absolute atomic E-state index is 0.246. The highest BCUT2D eigenvalue weighted by Gasteiger charge is 2.32. The topological polar surface area (TPSA) is 187 Å². The van der Waals surface area contributed by atoms with Crippen LogP contribution in [0, 0.1) is 11.8 Å². The van der Waals surface area contributed by atoms with Crippen LogP contribution in [0.3, 0.4) is 0 Å². The molecule has 198 valence electrons. The van der Waals surface area contributed by atoms with Gasteiger partial charge in [-0.2, -0.15) is 0 Å². The Balaban J connectivity index is 2.04. The van der Waals surface area contributed by atoms with Crippen molar-refractivity contribution in [2.24, 2.45) is 17.6 Å². The Bertz CT molecular complexity index is 1070. The number of benzene rings is 1. The number of nitrogens with two attached hydrogens (primary N) is 1. The van der Waals surface area contributed by atoms with Gasteiger partial charge in [0.25, 0.3) is 0 Å². The molecule has 5 unspecified atom stereocenters. The first kappa shape index (κ1) is 28.8. The maximum atomic E-state index is 12.9. The molecule has 1 aromatic carbocycles. The first-order valence-corrected chi connectivity index (χ1v) is 12.0. The molecule has 11 heteroatoms. The van der Waals surface area contributed by atoms with Crippen LogP contribution >= 0.6 is 0 Å². The zero-order valence-corrected chi connectivity index (χ0v) is 21.1. The van der Waals surface area contributed by atoms with Gasteiger partial charge < -0.3 is 36.9 Å². The number of carboxylic acids is 1. The Labute approximate surface area is 210 Å².